The van der Waals surface area contributed by atoms with E-state index in [0.29, 0.717) is 23.8 Å². The van der Waals surface area contributed by atoms with E-state index in [2.05, 4.69) is 18.7 Å². The number of primary amides is 1. The molecule has 1 atom stereocenters. The Hall–Kier alpha value is -1.62. The number of halogens is 1. The van der Waals surface area contributed by atoms with Crippen molar-refractivity contribution in [1.82, 2.24) is 4.90 Å². The van der Waals surface area contributed by atoms with Gasteiger partial charge in [0.1, 0.15) is 5.75 Å². The van der Waals surface area contributed by atoms with Gasteiger partial charge in [0.15, 0.2) is 0 Å². The Balaban J connectivity index is 2.19. The molecule has 0 saturated carbocycles. The number of hydrogen-bond donors (Lipinski definition) is 1. The lowest BCUT2D eigenvalue weighted by molar-refractivity contribution is 0.0996. The third-order valence-corrected chi connectivity index (χ3v) is 4.55. The van der Waals surface area contributed by atoms with Gasteiger partial charge < -0.3 is 10.5 Å². The van der Waals surface area contributed by atoms with E-state index in [0.717, 1.165) is 38.8 Å². The molecule has 1 aliphatic rings. The molecule has 2 N–H and O–H groups in total. The Morgan fingerprint density at radius 2 is 1.88 bits per heavy atom. The van der Waals surface area contributed by atoms with Crippen molar-refractivity contribution in [1.29, 1.82) is 0 Å². The lowest BCUT2D eigenvalue weighted by Gasteiger charge is -2.27. The molecule has 0 heterocycles. The molecule has 0 aromatic heterocycles. The van der Waals surface area contributed by atoms with Crippen molar-refractivity contribution in [2.24, 2.45) is 5.73 Å². The quantitative estimate of drug-likeness (QED) is 0.668. The highest BCUT2D eigenvalue weighted by molar-refractivity contribution is 5.96. The average Bonchev–Trinajstić information content (AvgIpc) is 2.96. The maximum absolute atomic E-state index is 12.3. The first-order valence-corrected chi connectivity index (χ1v) is 8.99. The number of fused-ring (bicyclic) bond motifs is 1. The van der Waals surface area contributed by atoms with Crippen LogP contribution in [0.4, 0.5) is 4.39 Å². The monoisotopic (exact) mass is 336 g/mol. The average molecular weight is 336 g/mol. The molecule has 5 heteroatoms. The second-order valence-corrected chi connectivity index (χ2v) is 6.47. The molecule has 1 aliphatic carbocycles. The Bertz CT molecular complexity index is 557. The minimum atomic E-state index is -0.490. The van der Waals surface area contributed by atoms with Crippen LogP contribution < -0.4 is 10.5 Å². The van der Waals surface area contributed by atoms with Gasteiger partial charge in [0, 0.05) is 12.5 Å². The Kier molecular flexibility index (Phi) is 7.03. The first-order chi connectivity index (χ1) is 11.6. The van der Waals surface area contributed by atoms with Gasteiger partial charge in [-0.1, -0.05) is 13.8 Å². The first-order valence-electron chi connectivity index (χ1n) is 8.99. The number of ether oxygens (including phenoxy) is 1. The highest BCUT2D eigenvalue weighted by Crippen LogP contribution is 2.32. The van der Waals surface area contributed by atoms with Gasteiger partial charge in [0.2, 0.25) is 0 Å². The van der Waals surface area contributed by atoms with E-state index in [4.69, 9.17) is 10.5 Å². The summed E-state index contributed by atoms with van der Waals surface area (Å²) in [6.45, 7) is 6.42. The van der Waals surface area contributed by atoms with Crippen molar-refractivity contribution in [2.75, 3.05) is 26.4 Å². The van der Waals surface area contributed by atoms with E-state index < -0.39 is 12.6 Å². The normalized spacial score (nSPS) is 16.4. The summed E-state index contributed by atoms with van der Waals surface area (Å²) >= 11 is 0. The molecule has 0 saturated heterocycles. The van der Waals surface area contributed by atoms with Crippen LogP contribution in [0.1, 0.15) is 54.6 Å². The number of nitrogens with two attached hydrogens (primary N) is 1. The SMILES string of the molecule is CCCN(CCC)C1Cc2cc(OCCCF)c(C(N)=O)cc2C1. The van der Waals surface area contributed by atoms with Crippen LogP contribution in [0.25, 0.3) is 0 Å². The first kappa shape index (κ1) is 18.7. The van der Waals surface area contributed by atoms with Crippen LogP contribution in [0.2, 0.25) is 0 Å². The van der Waals surface area contributed by atoms with Crippen LogP contribution in [-0.4, -0.2) is 43.2 Å². The molecule has 1 aromatic carbocycles. The molecular weight excluding hydrogens is 307 g/mol. The van der Waals surface area contributed by atoms with Crippen molar-refractivity contribution in [3.63, 3.8) is 0 Å². The van der Waals surface area contributed by atoms with E-state index in [-0.39, 0.29) is 6.61 Å². The lowest BCUT2D eigenvalue weighted by atomic mass is 10.0. The Labute approximate surface area is 144 Å². The van der Waals surface area contributed by atoms with Gasteiger partial charge in [-0.05, 0) is 62.0 Å². The number of amides is 1. The Morgan fingerprint density at radius 1 is 1.25 bits per heavy atom. The van der Waals surface area contributed by atoms with Crippen molar-refractivity contribution in [3.8, 4) is 5.75 Å². The van der Waals surface area contributed by atoms with Crippen molar-refractivity contribution in [3.05, 3.63) is 28.8 Å². The highest BCUT2D eigenvalue weighted by atomic mass is 19.1. The summed E-state index contributed by atoms with van der Waals surface area (Å²) in [5, 5.41) is 0. The Morgan fingerprint density at radius 3 is 2.42 bits per heavy atom. The zero-order valence-corrected chi connectivity index (χ0v) is 14.8. The molecule has 1 amide bonds. The van der Waals surface area contributed by atoms with Crippen LogP contribution in [0.15, 0.2) is 12.1 Å². The van der Waals surface area contributed by atoms with Gasteiger partial charge in [-0.25, -0.2) is 0 Å². The third-order valence-electron chi connectivity index (χ3n) is 4.55. The number of carbonyl (C=O) groups is 1. The van der Waals surface area contributed by atoms with Crippen molar-refractivity contribution in [2.45, 2.75) is 52.0 Å². The zero-order valence-electron chi connectivity index (χ0n) is 14.8. The number of nitrogens with zero attached hydrogens (tertiary/aromatic N) is 1. The fourth-order valence-corrected chi connectivity index (χ4v) is 3.48. The molecule has 0 spiro atoms. The third kappa shape index (κ3) is 4.47. The minimum absolute atomic E-state index is 0.261. The summed E-state index contributed by atoms with van der Waals surface area (Å²) in [5.74, 6) is 0.00311. The zero-order chi connectivity index (χ0) is 17.5. The summed E-state index contributed by atoms with van der Waals surface area (Å²) in [7, 11) is 0. The van der Waals surface area contributed by atoms with Gasteiger partial charge in [-0.15, -0.1) is 0 Å². The van der Waals surface area contributed by atoms with Gasteiger partial charge in [-0.2, -0.15) is 0 Å². The molecule has 1 aromatic rings. The molecule has 0 radical (unpaired) electrons. The van der Waals surface area contributed by atoms with Gasteiger partial charge in [0.25, 0.3) is 5.91 Å². The van der Waals surface area contributed by atoms with E-state index in [9.17, 15) is 9.18 Å². The van der Waals surface area contributed by atoms with Gasteiger partial charge in [0.05, 0.1) is 18.8 Å². The molecule has 4 nitrogen and oxygen atoms in total. The van der Waals surface area contributed by atoms with E-state index >= 15 is 0 Å². The summed E-state index contributed by atoms with van der Waals surface area (Å²) in [6.07, 6.45) is 4.50. The molecule has 24 heavy (non-hydrogen) atoms. The maximum Gasteiger partial charge on any atom is 0.252 e. The molecule has 134 valence electrons. The molecule has 2 rings (SSSR count). The second-order valence-electron chi connectivity index (χ2n) is 6.47. The van der Waals surface area contributed by atoms with Crippen LogP contribution in [0.5, 0.6) is 5.75 Å². The second kappa shape index (κ2) is 9.02. The largest absolute Gasteiger partial charge is 0.493 e. The fraction of sp³-hybridized carbons (Fsp3) is 0.632. The fourth-order valence-electron chi connectivity index (χ4n) is 3.48. The van der Waals surface area contributed by atoms with Crippen LogP contribution >= 0.6 is 0 Å². The van der Waals surface area contributed by atoms with Crippen LogP contribution in [0, 0.1) is 0 Å². The molecule has 0 fully saturated rings. The van der Waals surface area contributed by atoms with E-state index in [1.54, 1.807) is 0 Å². The standard InChI is InChI=1S/C19H29FN2O2/c1-3-7-22(8-4-2)16-10-14-12-17(19(21)23)18(13-15(14)11-16)24-9-5-6-20/h12-13,16H,3-11H2,1-2H3,(H2,21,23). The summed E-state index contributed by atoms with van der Waals surface area (Å²) in [5.41, 5.74) is 8.31. The van der Waals surface area contributed by atoms with Gasteiger partial charge in [-0.3, -0.25) is 14.1 Å². The molecule has 1 unspecified atom stereocenters. The molecular formula is C19H29FN2O2. The molecule has 0 bridgehead atoms. The van der Waals surface area contributed by atoms with Crippen LogP contribution in [0.3, 0.4) is 0 Å². The maximum atomic E-state index is 12.3. The van der Waals surface area contributed by atoms with Crippen LogP contribution in [-0.2, 0) is 12.8 Å². The minimum Gasteiger partial charge on any atom is -0.493 e. The summed E-state index contributed by atoms with van der Waals surface area (Å²) in [4.78, 5) is 14.3. The summed E-state index contributed by atoms with van der Waals surface area (Å²) < 4.78 is 17.9. The number of rotatable bonds is 10. The number of alkyl halides is 1. The predicted octanol–water partition coefficient (Wildman–Crippen LogP) is 3.11. The topological polar surface area (TPSA) is 55.6 Å². The lowest BCUT2D eigenvalue weighted by Crippen LogP contribution is -2.37. The number of carbonyl (C=O) groups excluding carboxylic acids is 1. The summed E-state index contributed by atoms with van der Waals surface area (Å²) in [6, 6.07) is 4.28. The smallest absolute Gasteiger partial charge is 0.252 e. The number of benzene rings is 1. The van der Waals surface area contributed by atoms with E-state index in [1.165, 1.54) is 11.1 Å². The van der Waals surface area contributed by atoms with E-state index in [1.807, 2.05) is 12.1 Å². The predicted molar refractivity (Wildman–Crippen MR) is 94.4 cm³/mol. The molecule has 0 aliphatic heterocycles. The number of hydrogen-bond acceptors (Lipinski definition) is 3. The van der Waals surface area contributed by atoms with Crippen molar-refractivity contribution >= 4 is 5.91 Å². The van der Waals surface area contributed by atoms with Crippen molar-refractivity contribution < 1.29 is 13.9 Å². The van der Waals surface area contributed by atoms with Gasteiger partial charge >= 0.3 is 0 Å². The highest BCUT2D eigenvalue weighted by Gasteiger charge is 2.28.